The van der Waals surface area contributed by atoms with E-state index in [0.29, 0.717) is 5.82 Å². The molecule has 4 nitrogen and oxygen atoms in total. The summed E-state index contributed by atoms with van der Waals surface area (Å²) in [6.45, 7) is 2.17. The largest absolute Gasteiger partial charge is 0.395 e. The van der Waals surface area contributed by atoms with Crippen molar-refractivity contribution < 1.29 is 5.11 Å². The number of hydrogen-bond acceptors (Lipinski definition) is 5. The van der Waals surface area contributed by atoms with Gasteiger partial charge in [0.05, 0.1) is 12.1 Å². The minimum absolute atomic E-state index is 0.178. The summed E-state index contributed by atoms with van der Waals surface area (Å²) in [6, 6.07) is 10.0. The molecule has 2 rings (SSSR count). The number of nitrogens with two attached hydrogens (primary N) is 1. The van der Waals surface area contributed by atoms with E-state index in [4.69, 9.17) is 10.9 Å². The molecule has 0 saturated carbocycles. The number of thioether (sulfide) groups is 1. The Kier molecular flexibility index (Phi) is 4.41. The molecule has 0 spiro atoms. The molecule has 2 aromatic rings. The highest BCUT2D eigenvalue weighted by molar-refractivity contribution is 7.99. The molecule has 0 amide bonds. The predicted molar refractivity (Wildman–Crippen MR) is 77.4 cm³/mol. The van der Waals surface area contributed by atoms with Crippen molar-refractivity contribution in [2.75, 3.05) is 12.0 Å². The first-order valence-corrected chi connectivity index (χ1v) is 6.87. The van der Waals surface area contributed by atoms with Crippen LogP contribution in [0.25, 0.3) is 10.9 Å². The summed E-state index contributed by atoms with van der Waals surface area (Å²) in [6.07, 6.45) is 0. The van der Waals surface area contributed by atoms with Crippen molar-refractivity contribution in [3.05, 3.63) is 35.9 Å². The molecule has 0 bridgehead atoms. The van der Waals surface area contributed by atoms with Gasteiger partial charge < -0.3 is 10.5 Å². The lowest BCUT2D eigenvalue weighted by Gasteiger charge is -2.12. The number of rotatable bonds is 5. The summed E-state index contributed by atoms with van der Waals surface area (Å²) in [5.74, 6) is 6.99. The molecule has 0 fully saturated rings. The van der Waals surface area contributed by atoms with Gasteiger partial charge in [0.1, 0.15) is 5.82 Å². The maximum atomic E-state index is 9.03. The van der Waals surface area contributed by atoms with Crippen molar-refractivity contribution in [3.63, 3.8) is 0 Å². The van der Waals surface area contributed by atoms with E-state index < -0.39 is 0 Å². The van der Waals surface area contributed by atoms with Crippen molar-refractivity contribution in [2.24, 2.45) is 5.84 Å². The zero-order valence-electron chi connectivity index (χ0n) is 10.3. The summed E-state index contributed by atoms with van der Waals surface area (Å²) in [5.41, 5.74) is 4.62. The minimum Gasteiger partial charge on any atom is -0.395 e. The number of anilines is 1. The average molecular weight is 263 g/mol. The van der Waals surface area contributed by atoms with Gasteiger partial charge in [-0.2, -0.15) is 11.8 Å². The van der Waals surface area contributed by atoms with Gasteiger partial charge in [0.2, 0.25) is 0 Å². The lowest BCUT2D eigenvalue weighted by Crippen LogP contribution is -2.11. The molecule has 96 valence electrons. The summed E-state index contributed by atoms with van der Waals surface area (Å²) in [7, 11) is 0. The number of pyridine rings is 1. The molecule has 0 aliphatic rings. The van der Waals surface area contributed by atoms with Crippen molar-refractivity contribution >= 4 is 28.5 Å². The summed E-state index contributed by atoms with van der Waals surface area (Å²) in [4.78, 5) is 4.49. The first-order valence-electron chi connectivity index (χ1n) is 5.82. The Hall–Kier alpha value is -1.30. The van der Waals surface area contributed by atoms with E-state index in [1.807, 2.05) is 31.2 Å². The third-order valence-corrected chi connectivity index (χ3v) is 3.92. The molecule has 1 heterocycles. The second-order valence-electron chi connectivity index (χ2n) is 4.14. The SMILES string of the molecule is CC(CO)SCc1cc2ccccc2nc1NN. The van der Waals surface area contributed by atoms with Crippen LogP contribution >= 0.6 is 11.8 Å². The fraction of sp³-hybridized carbons (Fsp3) is 0.308. The Morgan fingerprint density at radius 2 is 2.22 bits per heavy atom. The van der Waals surface area contributed by atoms with E-state index in [1.54, 1.807) is 11.8 Å². The normalized spacial score (nSPS) is 12.6. The predicted octanol–water partition coefficient (Wildman–Crippen LogP) is 2.13. The molecule has 1 aromatic heterocycles. The molecule has 1 aromatic carbocycles. The van der Waals surface area contributed by atoms with Crippen LogP contribution in [0, 0.1) is 0 Å². The summed E-state index contributed by atoms with van der Waals surface area (Å²) in [5, 5.41) is 10.3. The zero-order valence-corrected chi connectivity index (χ0v) is 11.1. The second-order valence-corrected chi connectivity index (χ2v) is 5.56. The van der Waals surface area contributed by atoms with Crippen molar-refractivity contribution in [3.8, 4) is 0 Å². The number of nitrogens with zero attached hydrogens (tertiary/aromatic N) is 1. The van der Waals surface area contributed by atoms with Gasteiger partial charge in [0.15, 0.2) is 0 Å². The fourth-order valence-corrected chi connectivity index (χ4v) is 2.47. The topological polar surface area (TPSA) is 71.2 Å². The van der Waals surface area contributed by atoms with Gasteiger partial charge in [-0.15, -0.1) is 0 Å². The number of nitrogens with one attached hydrogen (secondary N) is 1. The van der Waals surface area contributed by atoms with Crippen LogP contribution in [0.15, 0.2) is 30.3 Å². The Balaban J connectivity index is 2.30. The molecular weight excluding hydrogens is 246 g/mol. The summed E-state index contributed by atoms with van der Waals surface area (Å²) >= 11 is 1.68. The molecule has 0 aliphatic heterocycles. The Bertz CT molecular complexity index is 533. The fourth-order valence-electron chi connectivity index (χ4n) is 1.68. The van der Waals surface area contributed by atoms with E-state index in [1.165, 1.54) is 0 Å². The number of aliphatic hydroxyl groups is 1. The molecule has 1 unspecified atom stereocenters. The van der Waals surface area contributed by atoms with E-state index in [9.17, 15) is 0 Å². The van der Waals surface area contributed by atoms with Crippen LogP contribution in [-0.2, 0) is 5.75 Å². The first-order chi connectivity index (χ1) is 8.74. The summed E-state index contributed by atoms with van der Waals surface area (Å²) < 4.78 is 0. The molecule has 0 saturated heterocycles. The number of hydrazine groups is 1. The van der Waals surface area contributed by atoms with Crippen LogP contribution in [0.4, 0.5) is 5.82 Å². The third kappa shape index (κ3) is 2.93. The molecule has 5 heteroatoms. The molecule has 4 N–H and O–H groups in total. The standard InChI is InChI=1S/C13H17N3OS/c1-9(7-17)18-8-11-6-10-4-2-3-5-12(10)15-13(11)16-14/h2-6,9,17H,7-8,14H2,1H3,(H,15,16). The smallest absolute Gasteiger partial charge is 0.144 e. The number of hydrogen-bond donors (Lipinski definition) is 3. The Labute approximate surface area is 111 Å². The highest BCUT2D eigenvalue weighted by Gasteiger charge is 2.08. The lowest BCUT2D eigenvalue weighted by molar-refractivity contribution is 0.300. The highest BCUT2D eigenvalue weighted by Crippen LogP contribution is 2.25. The van der Waals surface area contributed by atoms with E-state index in [0.717, 1.165) is 22.2 Å². The van der Waals surface area contributed by atoms with Crippen LogP contribution in [-0.4, -0.2) is 21.9 Å². The number of aliphatic hydroxyl groups excluding tert-OH is 1. The molecular formula is C13H17N3OS. The van der Waals surface area contributed by atoms with E-state index in [-0.39, 0.29) is 11.9 Å². The van der Waals surface area contributed by atoms with Gasteiger partial charge in [0, 0.05) is 22.0 Å². The van der Waals surface area contributed by atoms with Crippen LogP contribution in [0.3, 0.4) is 0 Å². The maximum Gasteiger partial charge on any atom is 0.144 e. The van der Waals surface area contributed by atoms with Crippen LogP contribution in [0.5, 0.6) is 0 Å². The number of benzene rings is 1. The molecule has 18 heavy (non-hydrogen) atoms. The first kappa shape index (κ1) is 13.1. The molecule has 0 radical (unpaired) electrons. The average Bonchev–Trinajstić information content (AvgIpc) is 2.43. The van der Waals surface area contributed by atoms with Gasteiger partial charge in [0.25, 0.3) is 0 Å². The number of para-hydroxylation sites is 1. The van der Waals surface area contributed by atoms with Crippen LogP contribution in [0.2, 0.25) is 0 Å². The van der Waals surface area contributed by atoms with Crippen LogP contribution in [0.1, 0.15) is 12.5 Å². The number of nitrogen functional groups attached to an aromatic ring is 1. The van der Waals surface area contributed by atoms with E-state index >= 15 is 0 Å². The van der Waals surface area contributed by atoms with Gasteiger partial charge in [-0.05, 0) is 12.1 Å². The molecule has 0 aliphatic carbocycles. The lowest BCUT2D eigenvalue weighted by atomic mass is 10.1. The van der Waals surface area contributed by atoms with Crippen LogP contribution < -0.4 is 11.3 Å². The number of aromatic nitrogens is 1. The minimum atomic E-state index is 0.178. The van der Waals surface area contributed by atoms with Gasteiger partial charge in [-0.3, -0.25) is 0 Å². The Morgan fingerprint density at radius 3 is 2.94 bits per heavy atom. The van der Waals surface area contributed by atoms with Crippen molar-refractivity contribution in [1.82, 2.24) is 4.98 Å². The van der Waals surface area contributed by atoms with Crippen molar-refractivity contribution in [1.29, 1.82) is 0 Å². The second kappa shape index (κ2) is 6.04. The number of fused-ring (bicyclic) bond motifs is 1. The van der Waals surface area contributed by atoms with Gasteiger partial charge >= 0.3 is 0 Å². The van der Waals surface area contributed by atoms with E-state index in [2.05, 4.69) is 16.5 Å². The van der Waals surface area contributed by atoms with Gasteiger partial charge in [-0.1, -0.05) is 25.1 Å². The molecule has 1 atom stereocenters. The monoisotopic (exact) mass is 263 g/mol. The quantitative estimate of drug-likeness (QED) is 0.569. The maximum absolute atomic E-state index is 9.03. The third-order valence-electron chi connectivity index (χ3n) is 2.72. The highest BCUT2D eigenvalue weighted by atomic mass is 32.2. The Morgan fingerprint density at radius 1 is 1.44 bits per heavy atom. The zero-order chi connectivity index (χ0) is 13.0. The van der Waals surface area contributed by atoms with Crippen molar-refractivity contribution in [2.45, 2.75) is 17.9 Å². The van der Waals surface area contributed by atoms with Gasteiger partial charge in [-0.25, -0.2) is 10.8 Å².